The predicted octanol–water partition coefficient (Wildman–Crippen LogP) is 3.51. The predicted molar refractivity (Wildman–Crippen MR) is 101 cm³/mol. The molecular weight excluding hydrogens is 308 g/mol. The fourth-order valence-corrected chi connectivity index (χ4v) is 4.42. The van der Waals surface area contributed by atoms with Gasteiger partial charge in [-0.3, -0.25) is 9.80 Å². The standard InChI is InChI=1S/C22H28N2O/c1-3-7-20(8-4-1)19-23-13-15-24(16-14-23)22(11-17-25-18-12-22)21-9-5-2-6-10-21/h1-10H,11-19H2. The van der Waals surface area contributed by atoms with Crippen molar-refractivity contribution in [2.45, 2.75) is 24.9 Å². The van der Waals surface area contributed by atoms with Crippen LogP contribution >= 0.6 is 0 Å². The van der Waals surface area contributed by atoms with E-state index in [9.17, 15) is 0 Å². The van der Waals surface area contributed by atoms with Crippen molar-refractivity contribution in [1.29, 1.82) is 0 Å². The molecule has 0 aliphatic carbocycles. The normalized spacial score (nSPS) is 21.9. The Kier molecular flexibility index (Phi) is 5.16. The van der Waals surface area contributed by atoms with Crippen LogP contribution in [0, 0.1) is 0 Å². The molecule has 2 aromatic carbocycles. The fourth-order valence-electron chi connectivity index (χ4n) is 4.42. The summed E-state index contributed by atoms with van der Waals surface area (Å²) in [6.45, 7) is 7.38. The zero-order valence-electron chi connectivity index (χ0n) is 14.9. The molecule has 0 atom stereocenters. The number of benzene rings is 2. The van der Waals surface area contributed by atoms with E-state index >= 15 is 0 Å². The van der Waals surface area contributed by atoms with Crippen LogP contribution < -0.4 is 0 Å². The van der Waals surface area contributed by atoms with Gasteiger partial charge in [0.05, 0.1) is 5.54 Å². The number of hydrogen-bond acceptors (Lipinski definition) is 3. The SMILES string of the molecule is c1ccc(CN2CCN(C3(c4ccccc4)CCOCC3)CC2)cc1. The molecule has 3 heteroatoms. The second-order valence-corrected chi connectivity index (χ2v) is 7.26. The maximum Gasteiger partial charge on any atom is 0.0505 e. The highest BCUT2D eigenvalue weighted by molar-refractivity contribution is 5.26. The molecule has 0 amide bonds. The first-order chi connectivity index (χ1) is 12.4. The van der Waals surface area contributed by atoms with E-state index in [4.69, 9.17) is 4.74 Å². The smallest absolute Gasteiger partial charge is 0.0505 e. The van der Waals surface area contributed by atoms with Gasteiger partial charge in [0.25, 0.3) is 0 Å². The summed E-state index contributed by atoms with van der Waals surface area (Å²) in [6.07, 6.45) is 2.21. The van der Waals surface area contributed by atoms with Crippen molar-refractivity contribution in [3.05, 3.63) is 71.8 Å². The molecule has 132 valence electrons. The Labute approximate surface area is 151 Å². The maximum absolute atomic E-state index is 5.70. The topological polar surface area (TPSA) is 15.7 Å². The summed E-state index contributed by atoms with van der Waals surface area (Å²) in [5.74, 6) is 0. The largest absolute Gasteiger partial charge is 0.381 e. The Morgan fingerprint density at radius 1 is 0.760 bits per heavy atom. The van der Waals surface area contributed by atoms with Crippen LogP contribution in [-0.2, 0) is 16.8 Å². The number of ether oxygens (including phenoxy) is 1. The third-order valence-corrected chi connectivity index (χ3v) is 5.86. The zero-order chi connectivity index (χ0) is 17.0. The Morgan fingerprint density at radius 3 is 2.00 bits per heavy atom. The van der Waals surface area contributed by atoms with Gasteiger partial charge in [-0.05, 0) is 24.0 Å². The van der Waals surface area contributed by atoms with E-state index in [1.165, 1.54) is 11.1 Å². The van der Waals surface area contributed by atoms with Crippen LogP contribution in [0.1, 0.15) is 24.0 Å². The van der Waals surface area contributed by atoms with E-state index in [1.807, 2.05) is 0 Å². The lowest BCUT2D eigenvalue weighted by molar-refractivity contribution is -0.0518. The van der Waals surface area contributed by atoms with E-state index in [0.717, 1.165) is 58.8 Å². The molecule has 2 aliphatic rings. The molecule has 25 heavy (non-hydrogen) atoms. The molecule has 0 unspecified atom stereocenters. The highest BCUT2D eigenvalue weighted by Gasteiger charge is 2.41. The Balaban J connectivity index is 1.46. The minimum Gasteiger partial charge on any atom is -0.381 e. The lowest BCUT2D eigenvalue weighted by Gasteiger charge is -2.50. The van der Waals surface area contributed by atoms with Crippen LogP contribution in [0.3, 0.4) is 0 Å². The van der Waals surface area contributed by atoms with Crippen LogP contribution in [0.15, 0.2) is 60.7 Å². The molecule has 4 rings (SSSR count). The maximum atomic E-state index is 5.70. The first kappa shape index (κ1) is 16.8. The van der Waals surface area contributed by atoms with Gasteiger partial charge in [-0.15, -0.1) is 0 Å². The van der Waals surface area contributed by atoms with Crippen molar-refractivity contribution in [3.8, 4) is 0 Å². The molecule has 3 nitrogen and oxygen atoms in total. The Hall–Kier alpha value is -1.68. The summed E-state index contributed by atoms with van der Waals surface area (Å²) in [7, 11) is 0. The van der Waals surface area contributed by atoms with Gasteiger partial charge in [0.1, 0.15) is 0 Å². The summed E-state index contributed by atoms with van der Waals surface area (Å²) in [5.41, 5.74) is 3.05. The van der Waals surface area contributed by atoms with Gasteiger partial charge in [0.2, 0.25) is 0 Å². The number of rotatable bonds is 4. The second-order valence-electron chi connectivity index (χ2n) is 7.26. The van der Waals surface area contributed by atoms with Gasteiger partial charge in [0.15, 0.2) is 0 Å². The van der Waals surface area contributed by atoms with Gasteiger partial charge in [-0.1, -0.05) is 60.7 Å². The number of piperazine rings is 1. The quantitative estimate of drug-likeness (QED) is 0.850. The molecule has 2 fully saturated rings. The summed E-state index contributed by atoms with van der Waals surface area (Å²) in [4.78, 5) is 5.32. The molecule has 2 heterocycles. The molecule has 0 saturated carbocycles. The summed E-state index contributed by atoms with van der Waals surface area (Å²) in [5, 5.41) is 0. The summed E-state index contributed by atoms with van der Waals surface area (Å²) in [6, 6.07) is 21.9. The van der Waals surface area contributed by atoms with Crippen molar-refractivity contribution in [2.24, 2.45) is 0 Å². The third kappa shape index (κ3) is 3.64. The Morgan fingerprint density at radius 2 is 1.36 bits per heavy atom. The highest BCUT2D eigenvalue weighted by atomic mass is 16.5. The fraction of sp³-hybridized carbons (Fsp3) is 0.455. The molecule has 0 bridgehead atoms. The minimum atomic E-state index is 0.165. The van der Waals surface area contributed by atoms with Crippen molar-refractivity contribution >= 4 is 0 Å². The first-order valence-electron chi connectivity index (χ1n) is 9.51. The van der Waals surface area contributed by atoms with Gasteiger partial charge >= 0.3 is 0 Å². The molecule has 2 aliphatic heterocycles. The van der Waals surface area contributed by atoms with Crippen LogP contribution in [0.2, 0.25) is 0 Å². The van der Waals surface area contributed by atoms with Crippen LogP contribution in [0.5, 0.6) is 0 Å². The summed E-state index contributed by atoms with van der Waals surface area (Å²) >= 11 is 0. The lowest BCUT2D eigenvalue weighted by atomic mass is 9.80. The third-order valence-electron chi connectivity index (χ3n) is 5.86. The summed E-state index contributed by atoms with van der Waals surface area (Å²) < 4.78 is 5.70. The van der Waals surface area contributed by atoms with E-state index in [-0.39, 0.29) is 5.54 Å². The number of nitrogens with zero attached hydrogens (tertiary/aromatic N) is 2. The molecule has 2 saturated heterocycles. The van der Waals surface area contributed by atoms with E-state index in [1.54, 1.807) is 0 Å². The van der Waals surface area contributed by atoms with Crippen molar-refractivity contribution < 1.29 is 4.74 Å². The van der Waals surface area contributed by atoms with E-state index in [2.05, 4.69) is 70.5 Å². The molecular formula is C22H28N2O. The molecule has 0 spiro atoms. The molecule has 0 aromatic heterocycles. The highest BCUT2D eigenvalue weighted by Crippen LogP contribution is 2.38. The van der Waals surface area contributed by atoms with Gasteiger partial charge in [-0.25, -0.2) is 0 Å². The molecule has 0 N–H and O–H groups in total. The van der Waals surface area contributed by atoms with Crippen molar-refractivity contribution in [1.82, 2.24) is 9.80 Å². The molecule has 0 radical (unpaired) electrons. The average molecular weight is 336 g/mol. The van der Waals surface area contributed by atoms with Crippen molar-refractivity contribution in [3.63, 3.8) is 0 Å². The monoisotopic (exact) mass is 336 g/mol. The Bertz CT molecular complexity index is 644. The van der Waals surface area contributed by atoms with Gasteiger partial charge in [0, 0.05) is 45.9 Å². The zero-order valence-corrected chi connectivity index (χ0v) is 14.9. The lowest BCUT2D eigenvalue weighted by Crippen LogP contribution is -2.57. The number of hydrogen-bond donors (Lipinski definition) is 0. The first-order valence-corrected chi connectivity index (χ1v) is 9.51. The van der Waals surface area contributed by atoms with Gasteiger partial charge < -0.3 is 4.74 Å². The van der Waals surface area contributed by atoms with Crippen LogP contribution in [-0.4, -0.2) is 49.2 Å². The molecule has 2 aromatic rings. The average Bonchev–Trinajstić information content (AvgIpc) is 2.70. The second kappa shape index (κ2) is 7.69. The van der Waals surface area contributed by atoms with Crippen LogP contribution in [0.4, 0.5) is 0 Å². The minimum absolute atomic E-state index is 0.165. The van der Waals surface area contributed by atoms with E-state index < -0.39 is 0 Å². The van der Waals surface area contributed by atoms with E-state index in [0.29, 0.717) is 0 Å². The van der Waals surface area contributed by atoms with Crippen LogP contribution in [0.25, 0.3) is 0 Å². The van der Waals surface area contributed by atoms with Crippen molar-refractivity contribution in [2.75, 3.05) is 39.4 Å². The van der Waals surface area contributed by atoms with Gasteiger partial charge in [-0.2, -0.15) is 0 Å².